The zero-order chi connectivity index (χ0) is 20.1. The molecule has 0 radical (unpaired) electrons. The van der Waals surface area contributed by atoms with Crippen LogP contribution in [0.5, 0.6) is 0 Å². The van der Waals surface area contributed by atoms with E-state index in [2.05, 4.69) is 25.9 Å². The first kappa shape index (κ1) is 19.9. The van der Waals surface area contributed by atoms with Crippen LogP contribution < -0.4 is 20.3 Å². The third kappa shape index (κ3) is 4.72. The van der Waals surface area contributed by atoms with Gasteiger partial charge >= 0.3 is 0 Å². The second-order valence-electron chi connectivity index (χ2n) is 6.44. The molecule has 2 heterocycles. The standard InChI is InChI=1S/C19H24N6O2S/c1-4-21-19(27)13-10-22-17(24-18(26)12-5-6-12)9-14(13)23-15-11-20-8-7-16(15)25(2)28-3/h7-12H,4-6H2,1-3H3,(H,21,27)(H2,22,23,24,26). The number of aromatic nitrogens is 2. The molecule has 3 rings (SSSR count). The van der Waals surface area contributed by atoms with E-state index in [0.29, 0.717) is 23.6 Å². The van der Waals surface area contributed by atoms with Gasteiger partial charge in [0.2, 0.25) is 5.91 Å². The Morgan fingerprint density at radius 2 is 2.07 bits per heavy atom. The molecule has 2 aromatic heterocycles. The van der Waals surface area contributed by atoms with Gasteiger partial charge in [0, 0.05) is 44.2 Å². The van der Waals surface area contributed by atoms with E-state index in [1.54, 1.807) is 30.4 Å². The van der Waals surface area contributed by atoms with Crippen LogP contribution in [-0.2, 0) is 4.79 Å². The van der Waals surface area contributed by atoms with Crippen molar-refractivity contribution in [2.45, 2.75) is 19.8 Å². The van der Waals surface area contributed by atoms with Crippen molar-refractivity contribution in [3.05, 3.63) is 36.3 Å². The highest BCUT2D eigenvalue weighted by Crippen LogP contribution is 2.33. The predicted molar refractivity (Wildman–Crippen MR) is 113 cm³/mol. The Morgan fingerprint density at radius 1 is 1.29 bits per heavy atom. The molecule has 9 heteroatoms. The number of pyridine rings is 2. The lowest BCUT2D eigenvalue weighted by atomic mass is 10.2. The molecule has 28 heavy (non-hydrogen) atoms. The van der Waals surface area contributed by atoms with Gasteiger partial charge in [0.05, 0.1) is 28.8 Å². The Balaban J connectivity index is 1.94. The Hall–Kier alpha value is -2.81. The molecule has 1 fully saturated rings. The number of nitrogens with zero attached hydrogens (tertiary/aromatic N) is 3. The molecule has 0 atom stereocenters. The second-order valence-corrected chi connectivity index (χ2v) is 7.35. The van der Waals surface area contributed by atoms with Gasteiger partial charge in [-0.3, -0.25) is 14.6 Å². The molecular formula is C19H24N6O2S. The van der Waals surface area contributed by atoms with E-state index in [-0.39, 0.29) is 17.7 Å². The van der Waals surface area contributed by atoms with Crippen LogP contribution in [0, 0.1) is 5.92 Å². The minimum absolute atomic E-state index is 0.0339. The molecule has 0 aliphatic heterocycles. The molecule has 0 aromatic carbocycles. The van der Waals surface area contributed by atoms with Crippen molar-refractivity contribution in [1.29, 1.82) is 0 Å². The average molecular weight is 401 g/mol. The highest BCUT2D eigenvalue weighted by atomic mass is 32.2. The molecule has 0 bridgehead atoms. The van der Waals surface area contributed by atoms with Gasteiger partial charge in [0.15, 0.2) is 0 Å². The van der Waals surface area contributed by atoms with E-state index in [0.717, 1.165) is 24.2 Å². The molecule has 1 saturated carbocycles. The molecule has 1 aliphatic rings. The summed E-state index contributed by atoms with van der Waals surface area (Å²) in [5.74, 6) is 0.215. The summed E-state index contributed by atoms with van der Waals surface area (Å²) in [7, 11) is 1.95. The summed E-state index contributed by atoms with van der Waals surface area (Å²) in [6.07, 6.45) is 8.69. The number of carbonyl (C=O) groups is 2. The van der Waals surface area contributed by atoms with Gasteiger partial charge < -0.3 is 20.3 Å². The number of carbonyl (C=O) groups excluding carboxylic acids is 2. The van der Waals surface area contributed by atoms with Gasteiger partial charge in [-0.2, -0.15) is 0 Å². The summed E-state index contributed by atoms with van der Waals surface area (Å²) < 4.78 is 1.99. The number of anilines is 4. The third-order valence-corrected chi connectivity index (χ3v) is 5.11. The van der Waals surface area contributed by atoms with Gasteiger partial charge in [-0.05, 0) is 25.8 Å². The third-order valence-electron chi connectivity index (χ3n) is 4.37. The van der Waals surface area contributed by atoms with Gasteiger partial charge in [-0.1, -0.05) is 11.9 Å². The molecule has 2 aromatic rings. The first-order chi connectivity index (χ1) is 13.5. The summed E-state index contributed by atoms with van der Waals surface area (Å²) in [6.45, 7) is 2.36. The highest BCUT2D eigenvalue weighted by Gasteiger charge is 2.30. The number of hydrogen-bond donors (Lipinski definition) is 3. The molecule has 0 spiro atoms. The van der Waals surface area contributed by atoms with Gasteiger partial charge in [-0.15, -0.1) is 0 Å². The zero-order valence-electron chi connectivity index (χ0n) is 16.2. The van der Waals surface area contributed by atoms with Crippen molar-refractivity contribution >= 4 is 46.6 Å². The molecule has 0 saturated heterocycles. The van der Waals surface area contributed by atoms with Crippen LogP contribution in [0.4, 0.5) is 22.9 Å². The van der Waals surface area contributed by atoms with Crippen LogP contribution in [0.3, 0.4) is 0 Å². The molecule has 148 valence electrons. The molecule has 8 nitrogen and oxygen atoms in total. The topological polar surface area (TPSA) is 99.2 Å². The van der Waals surface area contributed by atoms with Crippen LogP contribution >= 0.6 is 11.9 Å². The normalized spacial score (nSPS) is 13.0. The van der Waals surface area contributed by atoms with Crippen molar-refractivity contribution < 1.29 is 9.59 Å². The smallest absolute Gasteiger partial charge is 0.254 e. The van der Waals surface area contributed by atoms with E-state index in [4.69, 9.17) is 0 Å². The average Bonchev–Trinajstić information content (AvgIpc) is 3.53. The minimum atomic E-state index is -0.235. The number of hydrogen-bond acceptors (Lipinski definition) is 7. The summed E-state index contributed by atoms with van der Waals surface area (Å²) in [4.78, 5) is 33.0. The Kier molecular flexibility index (Phi) is 6.35. The summed E-state index contributed by atoms with van der Waals surface area (Å²) >= 11 is 1.56. The molecular weight excluding hydrogens is 376 g/mol. The summed E-state index contributed by atoms with van der Waals surface area (Å²) in [6, 6.07) is 3.57. The van der Waals surface area contributed by atoms with Crippen molar-refractivity contribution in [1.82, 2.24) is 15.3 Å². The van der Waals surface area contributed by atoms with Crippen molar-refractivity contribution in [3.8, 4) is 0 Å². The van der Waals surface area contributed by atoms with Crippen LogP contribution in [0.15, 0.2) is 30.7 Å². The number of amides is 2. The monoisotopic (exact) mass is 400 g/mol. The van der Waals surface area contributed by atoms with E-state index < -0.39 is 0 Å². The van der Waals surface area contributed by atoms with E-state index >= 15 is 0 Å². The predicted octanol–water partition coefficient (Wildman–Crippen LogP) is 3.03. The SMILES string of the molecule is CCNC(=O)c1cnc(NC(=O)C2CC2)cc1Nc1cnccc1N(C)SC. The van der Waals surface area contributed by atoms with Crippen molar-refractivity contribution in [2.24, 2.45) is 5.92 Å². The lowest BCUT2D eigenvalue weighted by molar-refractivity contribution is -0.117. The number of rotatable bonds is 8. The lowest BCUT2D eigenvalue weighted by Crippen LogP contribution is -2.24. The van der Waals surface area contributed by atoms with Gasteiger partial charge in [0.25, 0.3) is 5.91 Å². The Bertz CT molecular complexity index is 871. The molecule has 3 N–H and O–H groups in total. The minimum Gasteiger partial charge on any atom is -0.352 e. The van der Waals surface area contributed by atoms with E-state index in [1.165, 1.54) is 6.20 Å². The maximum atomic E-state index is 12.5. The fourth-order valence-corrected chi connectivity index (χ4v) is 3.00. The zero-order valence-corrected chi connectivity index (χ0v) is 17.0. The van der Waals surface area contributed by atoms with Gasteiger partial charge in [-0.25, -0.2) is 4.98 Å². The molecule has 0 unspecified atom stereocenters. The van der Waals surface area contributed by atoms with Crippen LogP contribution in [0.2, 0.25) is 0 Å². The van der Waals surface area contributed by atoms with Crippen molar-refractivity contribution in [2.75, 3.05) is 34.8 Å². The Morgan fingerprint density at radius 3 is 2.75 bits per heavy atom. The summed E-state index contributed by atoms with van der Waals surface area (Å²) in [5, 5.41) is 8.90. The molecule has 1 aliphatic carbocycles. The van der Waals surface area contributed by atoms with Crippen LogP contribution in [-0.4, -0.2) is 41.6 Å². The lowest BCUT2D eigenvalue weighted by Gasteiger charge is -2.20. The largest absolute Gasteiger partial charge is 0.352 e. The second kappa shape index (κ2) is 8.92. The van der Waals surface area contributed by atoms with Crippen LogP contribution in [0.1, 0.15) is 30.1 Å². The van der Waals surface area contributed by atoms with Crippen LogP contribution in [0.25, 0.3) is 0 Å². The van der Waals surface area contributed by atoms with E-state index in [1.807, 2.05) is 30.6 Å². The fraction of sp³-hybridized carbons (Fsp3) is 0.368. The first-order valence-electron chi connectivity index (χ1n) is 9.11. The fourth-order valence-electron chi connectivity index (χ4n) is 2.64. The maximum absolute atomic E-state index is 12.5. The van der Waals surface area contributed by atoms with Gasteiger partial charge in [0.1, 0.15) is 5.82 Å². The number of nitrogens with one attached hydrogen (secondary N) is 3. The van der Waals surface area contributed by atoms with E-state index in [9.17, 15) is 9.59 Å². The maximum Gasteiger partial charge on any atom is 0.254 e. The van der Waals surface area contributed by atoms with Crippen molar-refractivity contribution in [3.63, 3.8) is 0 Å². The first-order valence-corrected chi connectivity index (χ1v) is 10.3. The quantitative estimate of drug-likeness (QED) is 0.586. The Labute approximate surface area is 168 Å². The summed E-state index contributed by atoms with van der Waals surface area (Å²) in [5.41, 5.74) is 2.61. The molecule has 2 amide bonds. The highest BCUT2D eigenvalue weighted by molar-refractivity contribution is 7.99.